The molecule has 0 amide bonds. The number of hydrogen-bond acceptors (Lipinski definition) is 3. The zero-order valence-corrected chi connectivity index (χ0v) is 13.9. The summed E-state index contributed by atoms with van der Waals surface area (Å²) in [4.78, 5) is 0. The van der Waals surface area contributed by atoms with Crippen LogP contribution in [0.25, 0.3) is 0 Å². The predicted molar refractivity (Wildman–Crippen MR) is 82.7 cm³/mol. The monoisotopic (exact) mass is 341 g/mol. The van der Waals surface area contributed by atoms with Crippen molar-refractivity contribution in [1.82, 2.24) is 15.1 Å². The molecule has 0 radical (unpaired) electrons. The average Bonchev–Trinajstić information content (AvgIpc) is 3.12. The number of halogens is 1. The molecule has 3 rings (SSSR count). The van der Waals surface area contributed by atoms with Gasteiger partial charge in [0.2, 0.25) is 0 Å². The van der Waals surface area contributed by atoms with Crippen molar-refractivity contribution in [2.45, 2.75) is 64.8 Å². The smallest absolute Gasteiger partial charge is 0.0767 e. The molecule has 112 valence electrons. The van der Waals surface area contributed by atoms with Gasteiger partial charge < -0.3 is 10.1 Å². The Bertz CT molecular complexity index is 470. The lowest BCUT2D eigenvalue weighted by Gasteiger charge is -2.19. The molecule has 1 N–H and O–H groups in total. The molecule has 1 saturated carbocycles. The Morgan fingerprint density at radius 2 is 2.15 bits per heavy atom. The average molecular weight is 342 g/mol. The third kappa shape index (κ3) is 2.81. The summed E-state index contributed by atoms with van der Waals surface area (Å²) in [7, 11) is 0. The van der Waals surface area contributed by atoms with Gasteiger partial charge in [0, 0.05) is 25.7 Å². The van der Waals surface area contributed by atoms with Crippen LogP contribution in [-0.4, -0.2) is 28.5 Å². The maximum atomic E-state index is 5.89. The number of ether oxygens (including phenoxy) is 1. The molecule has 2 aliphatic rings. The van der Waals surface area contributed by atoms with Crippen molar-refractivity contribution >= 4 is 15.9 Å². The largest absolute Gasteiger partial charge is 0.376 e. The first-order valence-electron chi connectivity index (χ1n) is 7.83. The maximum absolute atomic E-state index is 5.89. The maximum Gasteiger partial charge on any atom is 0.0767 e. The highest BCUT2D eigenvalue weighted by Gasteiger charge is 2.40. The van der Waals surface area contributed by atoms with Gasteiger partial charge in [0.1, 0.15) is 0 Å². The summed E-state index contributed by atoms with van der Waals surface area (Å²) in [6.07, 6.45) is 5.24. The zero-order valence-electron chi connectivity index (χ0n) is 12.4. The molecule has 2 atom stereocenters. The third-order valence-electron chi connectivity index (χ3n) is 4.45. The molecule has 0 bridgehead atoms. The predicted octanol–water partition coefficient (Wildman–Crippen LogP) is 2.89. The molecule has 1 aromatic heterocycles. The van der Waals surface area contributed by atoms with Gasteiger partial charge in [0.15, 0.2) is 0 Å². The molecule has 5 heteroatoms. The van der Waals surface area contributed by atoms with Gasteiger partial charge in [-0.05, 0) is 54.5 Å². The number of nitrogens with one attached hydrogen (secondary N) is 1. The van der Waals surface area contributed by atoms with Crippen molar-refractivity contribution in [3.63, 3.8) is 0 Å². The van der Waals surface area contributed by atoms with Crippen molar-refractivity contribution in [3.8, 4) is 0 Å². The van der Waals surface area contributed by atoms with Crippen LogP contribution in [-0.2, 0) is 24.2 Å². The molecule has 2 heterocycles. The Kier molecular flexibility index (Phi) is 4.48. The molecular formula is C15H24BrN3O. The van der Waals surface area contributed by atoms with E-state index in [0.717, 1.165) is 44.1 Å². The van der Waals surface area contributed by atoms with E-state index in [1.54, 1.807) is 0 Å². The highest BCUT2D eigenvalue weighted by Crippen LogP contribution is 2.38. The zero-order chi connectivity index (χ0) is 14.1. The van der Waals surface area contributed by atoms with Gasteiger partial charge in [0.05, 0.1) is 22.0 Å². The van der Waals surface area contributed by atoms with Crippen LogP contribution in [0.4, 0.5) is 0 Å². The fourth-order valence-corrected chi connectivity index (χ4v) is 3.84. The highest BCUT2D eigenvalue weighted by molar-refractivity contribution is 9.10. The van der Waals surface area contributed by atoms with Gasteiger partial charge in [-0.3, -0.25) is 4.68 Å². The van der Waals surface area contributed by atoms with Crippen molar-refractivity contribution in [1.29, 1.82) is 0 Å². The first-order valence-corrected chi connectivity index (χ1v) is 8.62. The second-order valence-corrected chi connectivity index (χ2v) is 6.62. The van der Waals surface area contributed by atoms with E-state index in [1.165, 1.54) is 23.0 Å². The van der Waals surface area contributed by atoms with Gasteiger partial charge in [-0.15, -0.1) is 0 Å². The lowest BCUT2D eigenvalue weighted by atomic mass is 10.1. The molecule has 0 aromatic carbocycles. The minimum atomic E-state index is 0.442. The van der Waals surface area contributed by atoms with Gasteiger partial charge in [-0.25, -0.2) is 0 Å². The molecule has 1 aromatic rings. The molecule has 2 unspecified atom stereocenters. The first kappa shape index (κ1) is 14.5. The van der Waals surface area contributed by atoms with Crippen molar-refractivity contribution in [2.75, 3.05) is 6.61 Å². The second kappa shape index (κ2) is 6.16. The summed E-state index contributed by atoms with van der Waals surface area (Å²) in [5.41, 5.74) is 2.43. The minimum Gasteiger partial charge on any atom is -0.376 e. The first-order chi connectivity index (χ1) is 9.74. The van der Waals surface area contributed by atoms with Crippen LogP contribution in [0, 0.1) is 5.92 Å². The minimum absolute atomic E-state index is 0.442. The number of aryl methyl sites for hydroxylation is 2. The number of hydrogen-bond donors (Lipinski definition) is 1. The molecule has 4 nitrogen and oxygen atoms in total. The van der Waals surface area contributed by atoms with Crippen LogP contribution in [0.3, 0.4) is 0 Å². The fraction of sp³-hybridized carbons (Fsp3) is 0.800. The summed E-state index contributed by atoms with van der Waals surface area (Å²) in [6.45, 7) is 7.00. The molecule has 2 fully saturated rings. The standard InChI is InChI=1S/C15H24BrN3O/c1-3-11-14(16)13(19(4-2)18-11)9-17-12-7-8-20-15(12)10-5-6-10/h10,12,15,17H,3-9H2,1-2H3. The Labute approximate surface area is 129 Å². The number of aromatic nitrogens is 2. The van der Waals surface area contributed by atoms with Crippen molar-refractivity contribution in [2.24, 2.45) is 5.92 Å². The van der Waals surface area contributed by atoms with Gasteiger partial charge in [-0.1, -0.05) is 6.92 Å². The Balaban J connectivity index is 1.66. The second-order valence-electron chi connectivity index (χ2n) is 5.83. The topological polar surface area (TPSA) is 39.1 Å². The lowest BCUT2D eigenvalue weighted by molar-refractivity contribution is 0.0807. The molecule has 1 aliphatic heterocycles. The molecule has 0 spiro atoms. The fourth-order valence-electron chi connectivity index (χ4n) is 3.13. The molecule has 1 aliphatic carbocycles. The van der Waals surface area contributed by atoms with E-state index >= 15 is 0 Å². The van der Waals surface area contributed by atoms with Crippen LogP contribution >= 0.6 is 15.9 Å². The summed E-state index contributed by atoms with van der Waals surface area (Å²) >= 11 is 3.71. The summed E-state index contributed by atoms with van der Waals surface area (Å²) < 4.78 is 9.18. The third-order valence-corrected chi connectivity index (χ3v) is 5.36. The van der Waals surface area contributed by atoms with E-state index in [4.69, 9.17) is 4.74 Å². The summed E-state index contributed by atoms with van der Waals surface area (Å²) in [6, 6.07) is 0.514. The van der Waals surface area contributed by atoms with E-state index in [9.17, 15) is 0 Å². The van der Waals surface area contributed by atoms with Crippen LogP contribution in [0.5, 0.6) is 0 Å². The van der Waals surface area contributed by atoms with Crippen LogP contribution in [0.15, 0.2) is 4.47 Å². The van der Waals surface area contributed by atoms with E-state index in [2.05, 4.69) is 44.9 Å². The summed E-state index contributed by atoms with van der Waals surface area (Å²) in [5.74, 6) is 0.806. The number of nitrogens with zero attached hydrogens (tertiary/aromatic N) is 2. The van der Waals surface area contributed by atoms with E-state index in [1.807, 2.05) is 0 Å². The van der Waals surface area contributed by atoms with Crippen molar-refractivity contribution < 1.29 is 4.74 Å². The van der Waals surface area contributed by atoms with Crippen LogP contribution < -0.4 is 5.32 Å². The van der Waals surface area contributed by atoms with Gasteiger partial charge in [0.25, 0.3) is 0 Å². The van der Waals surface area contributed by atoms with E-state index in [-0.39, 0.29) is 0 Å². The van der Waals surface area contributed by atoms with E-state index in [0.29, 0.717) is 12.1 Å². The molecule has 1 saturated heterocycles. The normalized spacial score (nSPS) is 26.4. The molecular weight excluding hydrogens is 318 g/mol. The Hall–Kier alpha value is -0.390. The molecule has 20 heavy (non-hydrogen) atoms. The highest BCUT2D eigenvalue weighted by atomic mass is 79.9. The van der Waals surface area contributed by atoms with Crippen molar-refractivity contribution in [3.05, 3.63) is 15.9 Å². The number of rotatable bonds is 6. The van der Waals surface area contributed by atoms with E-state index < -0.39 is 0 Å². The van der Waals surface area contributed by atoms with Crippen LogP contribution in [0.1, 0.15) is 44.5 Å². The Morgan fingerprint density at radius 1 is 1.35 bits per heavy atom. The SMILES string of the molecule is CCc1nn(CC)c(CNC2CCOC2C2CC2)c1Br. The quantitative estimate of drug-likeness (QED) is 0.864. The lowest BCUT2D eigenvalue weighted by Crippen LogP contribution is -2.37. The van der Waals surface area contributed by atoms with Crippen LogP contribution in [0.2, 0.25) is 0 Å². The summed E-state index contributed by atoms with van der Waals surface area (Å²) in [5, 5.41) is 8.36. The van der Waals surface area contributed by atoms with Gasteiger partial charge in [-0.2, -0.15) is 5.10 Å². The Morgan fingerprint density at radius 3 is 2.80 bits per heavy atom. The van der Waals surface area contributed by atoms with Gasteiger partial charge >= 0.3 is 0 Å².